The van der Waals surface area contributed by atoms with Gasteiger partial charge in [-0.05, 0) is 18.6 Å². The number of hydrogen-bond acceptors (Lipinski definition) is 2. The van der Waals surface area contributed by atoms with Crippen LogP contribution in [0.1, 0.15) is 18.0 Å². The molecule has 78 valence electrons. The molecule has 0 fully saturated rings. The maximum atomic E-state index is 13.5. The molecule has 0 saturated heterocycles. The van der Waals surface area contributed by atoms with Crippen molar-refractivity contribution in [3.8, 4) is 0 Å². The topological polar surface area (TPSA) is 46.2 Å². The first-order valence-electron chi connectivity index (χ1n) is 4.07. The van der Waals surface area contributed by atoms with E-state index in [-0.39, 0.29) is 28.6 Å². The van der Waals surface area contributed by atoms with Crippen LogP contribution in [0.3, 0.4) is 0 Å². The van der Waals surface area contributed by atoms with Crippen LogP contribution in [0, 0.1) is 5.82 Å². The SMILES string of the molecule is N[C@H](CCO)c1c(Cl)ccc(Cl)c1F. The number of aliphatic hydroxyl groups excluding tert-OH is 1. The molecule has 14 heavy (non-hydrogen) atoms. The first kappa shape index (κ1) is 11.7. The van der Waals surface area contributed by atoms with Gasteiger partial charge in [0, 0.05) is 23.2 Å². The Morgan fingerprint density at radius 2 is 1.93 bits per heavy atom. The van der Waals surface area contributed by atoms with Crippen molar-refractivity contribution in [2.45, 2.75) is 12.5 Å². The summed E-state index contributed by atoms with van der Waals surface area (Å²) in [6, 6.07) is 2.22. The van der Waals surface area contributed by atoms with Crippen LogP contribution in [-0.4, -0.2) is 11.7 Å². The van der Waals surface area contributed by atoms with E-state index in [2.05, 4.69) is 0 Å². The van der Waals surface area contributed by atoms with Gasteiger partial charge in [0.05, 0.1) is 5.02 Å². The summed E-state index contributed by atoms with van der Waals surface area (Å²) >= 11 is 11.4. The third-order valence-corrected chi connectivity index (χ3v) is 2.51. The number of benzene rings is 1. The minimum absolute atomic E-state index is 0.0159. The van der Waals surface area contributed by atoms with Gasteiger partial charge in [-0.3, -0.25) is 0 Å². The molecule has 3 N–H and O–H groups in total. The summed E-state index contributed by atoms with van der Waals surface area (Å²) in [6.45, 7) is -0.122. The second kappa shape index (κ2) is 4.94. The molecule has 1 rings (SSSR count). The van der Waals surface area contributed by atoms with E-state index in [1.165, 1.54) is 12.1 Å². The number of aliphatic hydroxyl groups is 1. The van der Waals surface area contributed by atoms with Crippen LogP contribution in [-0.2, 0) is 0 Å². The molecule has 0 saturated carbocycles. The summed E-state index contributed by atoms with van der Waals surface area (Å²) in [4.78, 5) is 0. The van der Waals surface area contributed by atoms with Crippen LogP contribution in [0.2, 0.25) is 10.0 Å². The number of nitrogens with two attached hydrogens (primary N) is 1. The molecule has 1 atom stereocenters. The van der Waals surface area contributed by atoms with Crippen molar-refractivity contribution in [1.29, 1.82) is 0 Å². The van der Waals surface area contributed by atoms with Gasteiger partial charge in [0.15, 0.2) is 0 Å². The molecule has 0 aliphatic carbocycles. The largest absolute Gasteiger partial charge is 0.396 e. The molecular formula is C9H10Cl2FNO. The zero-order valence-corrected chi connectivity index (χ0v) is 8.82. The Kier molecular flexibility index (Phi) is 4.13. The monoisotopic (exact) mass is 237 g/mol. The molecule has 0 aromatic heterocycles. The fourth-order valence-electron chi connectivity index (χ4n) is 1.17. The number of hydrogen-bond donors (Lipinski definition) is 2. The quantitative estimate of drug-likeness (QED) is 0.794. The molecule has 5 heteroatoms. The standard InChI is InChI=1S/C9H10Cl2FNO/c10-5-1-2-6(11)9(12)8(5)7(13)3-4-14/h1-2,7,14H,3-4,13H2/t7-/m1/s1. The average Bonchev–Trinajstić information content (AvgIpc) is 2.13. The van der Waals surface area contributed by atoms with Crippen LogP contribution in [0.5, 0.6) is 0 Å². The highest BCUT2D eigenvalue weighted by atomic mass is 35.5. The normalized spacial score (nSPS) is 12.9. The summed E-state index contributed by atoms with van der Waals surface area (Å²) in [5.41, 5.74) is 5.79. The van der Waals surface area contributed by atoms with Gasteiger partial charge in [-0.15, -0.1) is 0 Å². The molecule has 0 aliphatic heterocycles. The van der Waals surface area contributed by atoms with E-state index in [1.807, 2.05) is 0 Å². The fourth-order valence-corrected chi connectivity index (χ4v) is 1.62. The number of halogens is 3. The van der Waals surface area contributed by atoms with Gasteiger partial charge in [0.1, 0.15) is 5.82 Å². The highest BCUT2D eigenvalue weighted by Gasteiger charge is 2.17. The number of rotatable bonds is 3. The van der Waals surface area contributed by atoms with Crippen molar-refractivity contribution in [3.63, 3.8) is 0 Å². The van der Waals surface area contributed by atoms with Gasteiger partial charge in [-0.2, -0.15) is 0 Å². The molecule has 0 aliphatic rings. The highest BCUT2D eigenvalue weighted by molar-refractivity contribution is 6.33. The Labute approximate surface area is 91.4 Å². The maximum absolute atomic E-state index is 13.5. The van der Waals surface area contributed by atoms with E-state index in [4.69, 9.17) is 34.0 Å². The molecule has 0 amide bonds. The van der Waals surface area contributed by atoms with E-state index in [1.54, 1.807) is 0 Å². The summed E-state index contributed by atoms with van der Waals surface area (Å²) in [5, 5.41) is 8.88. The molecule has 1 aromatic rings. The summed E-state index contributed by atoms with van der Waals surface area (Å²) < 4.78 is 13.5. The predicted molar refractivity (Wildman–Crippen MR) is 55.1 cm³/mol. The van der Waals surface area contributed by atoms with Gasteiger partial charge >= 0.3 is 0 Å². The van der Waals surface area contributed by atoms with E-state index in [0.717, 1.165) is 0 Å². The molecule has 0 bridgehead atoms. The van der Waals surface area contributed by atoms with Crippen molar-refractivity contribution < 1.29 is 9.50 Å². The minimum Gasteiger partial charge on any atom is -0.396 e. The third-order valence-electron chi connectivity index (χ3n) is 1.89. The Morgan fingerprint density at radius 1 is 1.36 bits per heavy atom. The second-order valence-corrected chi connectivity index (χ2v) is 3.69. The van der Waals surface area contributed by atoms with E-state index < -0.39 is 11.9 Å². The summed E-state index contributed by atoms with van der Waals surface area (Å²) in [6.07, 6.45) is 0.247. The van der Waals surface area contributed by atoms with Gasteiger partial charge in [-0.25, -0.2) is 4.39 Å². The zero-order valence-electron chi connectivity index (χ0n) is 7.30. The van der Waals surface area contributed by atoms with Crippen molar-refractivity contribution in [2.24, 2.45) is 5.73 Å². The van der Waals surface area contributed by atoms with Gasteiger partial charge in [-0.1, -0.05) is 23.2 Å². The smallest absolute Gasteiger partial charge is 0.148 e. The predicted octanol–water partition coefficient (Wildman–Crippen LogP) is 2.51. The first-order valence-corrected chi connectivity index (χ1v) is 4.83. The first-order chi connectivity index (χ1) is 6.57. The lowest BCUT2D eigenvalue weighted by Crippen LogP contribution is -2.14. The van der Waals surface area contributed by atoms with Crippen LogP contribution in [0.4, 0.5) is 4.39 Å². The van der Waals surface area contributed by atoms with Gasteiger partial charge < -0.3 is 10.8 Å². The van der Waals surface area contributed by atoms with E-state index in [9.17, 15) is 4.39 Å². The lowest BCUT2D eigenvalue weighted by atomic mass is 10.0. The average molecular weight is 238 g/mol. The Hall–Kier alpha value is -0.350. The summed E-state index contributed by atoms with van der Waals surface area (Å²) in [7, 11) is 0. The summed E-state index contributed by atoms with van der Waals surface area (Å²) in [5.74, 6) is -0.611. The molecular weight excluding hydrogens is 228 g/mol. The van der Waals surface area contributed by atoms with E-state index >= 15 is 0 Å². The molecule has 0 radical (unpaired) electrons. The Bertz CT molecular complexity index is 333. The van der Waals surface area contributed by atoms with Crippen LogP contribution < -0.4 is 5.73 Å². The second-order valence-electron chi connectivity index (χ2n) is 2.88. The molecule has 1 aromatic carbocycles. The molecule has 0 spiro atoms. The Balaban J connectivity index is 3.11. The fraction of sp³-hybridized carbons (Fsp3) is 0.333. The van der Waals surface area contributed by atoms with Gasteiger partial charge in [0.2, 0.25) is 0 Å². The third kappa shape index (κ3) is 2.36. The molecule has 0 unspecified atom stereocenters. The highest BCUT2D eigenvalue weighted by Crippen LogP contribution is 2.30. The van der Waals surface area contributed by atoms with Crippen LogP contribution in [0.15, 0.2) is 12.1 Å². The van der Waals surface area contributed by atoms with Crippen LogP contribution >= 0.6 is 23.2 Å². The zero-order chi connectivity index (χ0) is 10.7. The molecule has 0 heterocycles. The molecule has 2 nitrogen and oxygen atoms in total. The van der Waals surface area contributed by atoms with Crippen molar-refractivity contribution >= 4 is 23.2 Å². The van der Waals surface area contributed by atoms with Gasteiger partial charge in [0.25, 0.3) is 0 Å². The van der Waals surface area contributed by atoms with Crippen LogP contribution in [0.25, 0.3) is 0 Å². The van der Waals surface area contributed by atoms with Crippen molar-refractivity contribution in [1.82, 2.24) is 0 Å². The van der Waals surface area contributed by atoms with E-state index in [0.29, 0.717) is 0 Å². The minimum atomic E-state index is -0.633. The maximum Gasteiger partial charge on any atom is 0.148 e. The lowest BCUT2D eigenvalue weighted by molar-refractivity contribution is 0.275. The lowest BCUT2D eigenvalue weighted by Gasteiger charge is -2.13. The van der Waals surface area contributed by atoms with Crippen molar-refractivity contribution in [2.75, 3.05) is 6.61 Å². The van der Waals surface area contributed by atoms with Crippen molar-refractivity contribution in [3.05, 3.63) is 33.6 Å². The Morgan fingerprint density at radius 3 is 2.50 bits per heavy atom.